The molecular formula is C31H50O3. The zero-order valence-electron chi connectivity index (χ0n) is 23.1. The molecule has 4 rings (SSSR count). The number of aliphatic hydroxyl groups is 2. The molecule has 2 saturated carbocycles. The van der Waals surface area contributed by atoms with E-state index in [-0.39, 0.29) is 28.3 Å². The smallest absolute Gasteiger partial charge is 0.138 e. The van der Waals surface area contributed by atoms with E-state index in [0.717, 1.165) is 32.1 Å². The van der Waals surface area contributed by atoms with Crippen molar-refractivity contribution in [1.82, 2.24) is 0 Å². The van der Waals surface area contributed by atoms with Crippen molar-refractivity contribution in [1.29, 1.82) is 0 Å². The van der Waals surface area contributed by atoms with Crippen LogP contribution in [-0.2, 0) is 4.79 Å². The van der Waals surface area contributed by atoms with Crippen LogP contribution < -0.4 is 0 Å². The van der Waals surface area contributed by atoms with Gasteiger partial charge in [0.25, 0.3) is 0 Å². The van der Waals surface area contributed by atoms with Crippen LogP contribution in [-0.4, -0.2) is 28.7 Å². The number of ketones is 1. The van der Waals surface area contributed by atoms with Gasteiger partial charge in [0.2, 0.25) is 0 Å². The van der Waals surface area contributed by atoms with E-state index in [0.29, 0.717) is 30.0 Å². The molecule has 2 fully saturated rings. The number of fused-ring (bicyclic) bond motifs is 5. The lowest BCUT2D eigenvalue weighted by atomic mass is 9.44. The molecule has 0 radical (unpaired) electrons. The van der Waals surface area contributed by atoms with Gasteiger partial charge in [-0.2, -0.15) is 0 Å². The Morgan fingerprint density at radius 2 is 1.74 bits per heavy atom. The van der Waals surface area contributed by atoms with Gasteiger partial charge in [-0.1, -0.05) is 67.5 Å². The molecule has 1 unspecified atom stereocenters. The van der Waals surface area contributed by atoms with E-state index < -0.39 is 11.5 Å². The van der Waals surface area contributed by atoms with E-state index >= 15 is 0 Å². The van der Waals surface area contributed by atoms with Gasteiger partial charge in [0.1, 0.15) is 5.78 Å². The average Bonchev–Trinajstić information content (AvgIpc) is 3.06. The Hall–Kier alpha value is -0.930. The lowest BCUT2D eigenvalue weighted by Crippen LogP contribution is -2.53. The number of carbonyl (C=O) groups excluding carboxylic acids is 1. The highest BCUT2D eigenvalue weighted by atomic mass is 16.3. The van der Waals surface area contributed by atoms with Crippen molar-refractivity contribution in [2.24, 2.45) is 44.8 Å². The molecule has 0 saturated heterocycles. The minimum absolute atomic E-state index is 0.0195. The van der Waals surface area contributed by atoms with E-state index in [4.69, 9.17) is 0 Å². The average molecular weight is 471 g/mol. The summed E-state index contributed by atoms with van der Waals surface area (Å²) < 4.78 is 0. The third kappa shape index (κ3) is 3.54. The summed E-state index contributed by atoms with van der Waals surface area (Å²) in [6, 6.07) is 0. The number of rotatable bonds is 6. The molecule has 2 N–H and O–H groups in total. The molecular weight excluding hydrogens is 420 g/mol. The Kier molecular flexibility index (Phi) is 6.38. The molecule has 0 spiro atoms. The molecule has 3 nitrogen and oxygen atoms in total. The molecule has 0 bridgehead atoms. The number of carbonyl (C=O) groups is 1. The van der Waals surface area contributed by atoms with Crippen LogP contribution in [0.4, 0.5) is 0 Å². The number of Topliss-reactive ketones (excluding diaryl/α,β-unsaturated/α-hetero) is 1. The van der Waals surface area contributed by atoms with E-state index in [1.54, 1.807) is 11.1 Å². The van der Waals surface area contributed by atoms with Gasteiger partial charge in [-0.25, -0.2) is 0 Å². The maximum atomic E-state index is 12.8. The molecule has 0 aromatic heterocycles. The van der Waals surface area contributed by atoms with Gasteiger partial charge in [0, 0.05) is 17.3 Å². The predicted octanol–water partition coefficient (Wildman–Crippen LogP) is 6.88. The summed E-state index contributed by atoms with van der Waals surface area (Å²) in [7, 11) is 0. The van der Waals surface area contributed by atoms with Crippen LogP contribution in [0.5, 0.6) is 0 Å². The van der Waals surface area contributed by atoms with Crippen LogP contribution in [0.15, 0.2) is 23.3 Å². The second-order valence-electron chi connectivity index (χ2n) is 14.4. The topological polar surface area (TPSA) is 57.5 Å². The Labute approximate surface area is 208 Å². The maximum absolute atomic E-state index is 12.8. The van der Waals surface area contributed by atoms with E-state index in [1.807, 2.05) is 13.8 Å². The van der Waals surface area contributed by atoms with Gasteiger partial charge in [0.05, 0.1) is 12.7 Å². The van der Waals surface area contributed by atoms with Crippen LogP contribution in [0.2, 0.25) is 0 Å². The normalized spacial score (nSPS) is 41.1. The van der Waals surface area contributed by atoms with E-state index in [9.17, 15) is 15.0 Å². The second kappa shape index (κ2) is 8.30. The summed E-state index contributed by atoms with van der Waals surface area (Å²) >= 11 is 0. The van der Waals surface area contributed by atoms with Crippen molar-refractivity contribution in [3.05, 3.63) is 23.3 Å². The summed E-state index contributed by atoms with van der Waals surface area (Å²) in [4.78, 5) is 12.8. The molecule has 192 valence electrons. The number of hydrogen-bond donors (Lipinski definition) is 2. The largest absolute Gasteiger partial charge is 0.396 e. The third-order valence-electron chi connectivity index (χ3n) is 11.9. The standard InChI is InChI=1S/C31H50O3/c1-20(9-12-25(33)27(2,3)19-32)21-13-17-31(8)23-10-11-24-28(4,5)26(34)15-16-29(24,6)22(23)14-18-30(21,31)7/h10,14,20-21,24-25,32-33H,9,11-13,15-19H2,1-8H3/t20-,21-,24?,25+,29-,30-,31+/m1/s1. The fraction of sp³-hybridized carbons (Fsp3) is 0.839. The van der Waals surface area contributed by atoms with Crippen LogP contribution in [0.1, 0.15) is 107 Å². The molecule has 3 heteroatoms. The Morgan fingerprint density at radius 3 is 2.38 bits per heavy atom. The van der Waals surface area contributed by atoms with E-state index in [1.165, 1.54) is 12.8 Å². The lowest BCUT2D eigenvalue weighted by Gasteiger charge is -2.59. The molecule has 0 aromatic carbocycles. The first-order valence-corrected chi connectivity index (χ1v) is 13.9. The van der Waals surface area contributed by atoms with Crippen molar-refractivity contribution in [2.75, 3.05) is 6.61 Å². The summed E-state index contributed by atoms with van der Waals surface area (Å²) in [5, 5.41) is 20.3. The molecule has 0 amide bonds. The molecule has 4 aliphatic carbocycles. The van der Waals surface area contributed by atoms with Crippen LogP contribution in [0.3, 0.4) is 0 Å². The van der Waals surface area contributed by atoms with Gasteiger partial charge in [-0.05, 0) is 90.1 Å². The van der Waals surface area contributed by atoms with Crippen molar-refractivity contribution in [2.45, 2.75) is 113 Å². The summed E-state index contributed by atoms with van der Waals surface area (Å²) in [5.74, 6) is 2.03. The first kappa shape index (κ1) is 26.1. The second-order valence-corrected chi connectivity index (χ2v) is 14.4. The van der Waals surface area contributed by atoms with Crippen LogP contribution in [0.25, 0.3) is 0 Å². The summed E-state index contributed by atoms with van der Waals surface area (Å²) in [6.07, 6.45) is 12.7. The molecule has 0 aromatic rings. The fourth-order valence-electron chi connectivity index (χ4n) is 8.88. The van der Waals surface area contributed by atoms with Crippen LogP contribution >= 0.6 is 0 Å². The highest BCUT2D eigenvalue weighted by Gasteiger charge is 2.63. The third-order valence-corrected chi connectivity index (χ3v) is 11.9. The van der Waals surface area contributed by atoms with Gasteiger partial charge >= 0.3 is 0 Å². The van der Waals surface area contributed by atoms with Gasteiger partial charge < -0.3 is 10.2 Å². The quantitative estimate of drug-likeness (QED) is 0.445. The molecule has 4 aliphatic rings. The number of allylic oxidation sites excluding steroid dienone is 4. The molecule has 7 atom stereocenters. The van der Waals surface area contributed by atoms with Gasteiger partial charge in [-0.15, -0.1) is 0 Å². The zero-order chi connectivity index (χ0) is 25.3. The minimum Gasteiger partial charge on any atom is -0.396 e. The van der Waals surface area contributed by atoms with Crippen molar-refractivity contribution in [3.63, 3.8) is 0 Å². The van der Waals surface area contributed by atoms with Gasteiger partial charge in [0.15, 0.2) is 0 Å². The SMILES string of the molecule is C[C@H](CC[C@H](O)C(C)(C)CO)[C@H]1CC[C@@]2(C)C3=CCC4C(C)(C)C(=O)CC[C@]4(C)C3=CC[C@]12C. The molecule has 0 aliphatic heterocycles. The van der Waals surface area contributed by atoms with Gasteiger partial charge in [-0.3, -0.25) is 4.79 Å². The highest BCUT2D eigenvalue weighted by Crippen LogP contribution is 2.71. The van der Waals surface area contributed by atoms with Crippen molar-refractivity contribution < 1.29 is 15.0 Å². The fourth-order valence-corrected chi connectivity index (χ4v) is 8.88. The highest BCUT2D eigenvalue weighted by molar-refractivity contribution is 5.86. The Bertz CT molecular complexity index is 894. The lowest BCUT2D eigenvalue weighted by molar-refractivity contribution is -0.138. The maximum Gasteiger partial charge on any atom is 0.138 e. The van der Waals surface area contributed by atoms with Crippen molar-refractivity contribution >= 4 is 5.78 Å². The first-order valence-electron chi connectivity index (χ1n) is 13.9. The Balaban J connectivity index is 1.60. The number of aliphatic hydroxyl groups excluding tert-OH is 2. The summed E-state index contributed by atoms with van der Waals surface area (Å²) in [5.41, 5.74) is 2.99. The minimum atomic E-state index is -0.464. The zero-order valence-corrected chi connectivity index (χ0v) is 23.1. The number of hydrogen-bond acceptors (Lipinski definition) is 3. The van der Waals surface area contributed by atoms with E-state index in [2.05, 4.69) is 53.7 Å². The molecule has 0 heterocycles. The molecule has 34 heavy (non-hydrogen) atoms. The Morgan fingerprint density at radius 1 is 1.06 bits per heavy atom. The predicted molar refractivity (Wildman–Crippen MR) is 139 cm³/mol. The van der Waals surface area contributed by atoms with Crippen molar-refractivity contribution in [3.8, 4) is 0 Å². The first-order chi connectivity index (χ1) is 15.6. The summed E-state index contributed by atoms with van der Waals surface area (Å²) in [6.45, 7) is 18.2. The van der Waals surface area contributed by atoms with Crippen LogP contribution in [0, 0.1) is 44.8 Å². The monoisotopic (exact) mass is 470 g/mol.